The number of aromatic amines is 1. The molecule has 1 fully saturated rings. The third-order valence-corrected chi connectivity index (χ3v) is 8.34. The van der Waals surface area contributed by atoms with Gasteiger partial charge in [-0.25, -0.2) is 4.79 Å². The highest BCUT2D eigenvalue weighted by molar-refractivity contribution is 5.95. The number of carboxylic acid groups (broad SMARTS) is 1. The molecule has 0 unspecified atom stereocenters. The number of nitrogens with one attached hydrogen (secondary N) is 1. The Balaban J connectivity index is 1.21. The van der Waals surface area contributed by atoms with Gasteiger partial charge in [0.1, 0.15) is 5.75 Å². The molecule has 6 rings (SSSR count). The predicted molar refractivity (Wildman–Crippen MR) is 176 cm³/mol. The van der Waals surface area contributed by atoms with Crippen LogP contribution >= 0.6 is 0 Å². The molecule has 0 amide bonds. The summed E-state index contributed by atoms with van der Waals surface area (Å²) >= 11 is 0. The van der Waals surface area contributed by atoms with Crippen LogP contribution in [0, 0.1) is 5.92 Å². The predicted octanol–water partition coefficient (Wildman–Crippen LogP) is 10.2. The molecular formula is C38H37NO4. The summed E-state index contributed by atoms with van der Waals surface area (Å²) in [6.07, 6.45) is 15.4. The molecule has 1 saturated carbocycles. The van der Waals surface area contributed by atoms with Crippen molar-refractivity contribution in [3.05, 3.63) is 113 Å². The summed E-state index contributed by atoms with van der Waals surface area (Å²) in [6.45, 7) is 0.498. The molecule has 5 aromatic rings. The van der Waals surface area contributed by atoms with Crippen LogP contribution in [-0.4, -0.2) is 22.9 Å². The van der Waals surface area contributed by atoms with Crippen molar-refractivity contribution in [3.8, 4) is 11.6 Å². The van der Waals surface area contributed by atoms with Gasteiger partial charge in [-0.05, 0) is 59.7 Å². The van der Waals surface area contributed by atoms with Crippen LogP contribution in [0.25, 0.3) is 39.9 Å². The van der Waals surface area contributed by atoms with Crippen molar-refractivity contribution in [1.29, 1.82) is 0 Å². The Morgan fingerprint density at radius 1 is 0.791 bits per heavy atom. The van der Waals surface area contributed by atoms with E-state index in [-0.39, 0.29) is 5.88 Å². The number of hydrogen-bond acceptors (Lipinski definition) is 3. The first-order valence-corrected chi connectivity index (χ1v) is 15.3. The highest BCUT2D eigenvalue weighted by Crippen LogP contribution is 2.33. The summed E-state index contributed by atoms with van der Waals surface area (Å²) < 4.78 is 11.4. The van der Waals surface area contributed by atoms with Crippen LogP contribution in [0.4, 0.5) is 4.79 Å². The van der Waals surface area contributed by atoms with E-state index in [0.717, 1.165) is 44.1 Å². The zero-order valence-corrected chi connectivity index (χ0v) is 24.3. The van der Waals surface area contributed by atoms with Gasteiger partial charge in [0.2, 0.25) is 5.88 Å². The number of para-hydroxylation sites is 1. The minimum absolute atomic E-state index is 0.268. The van der Waals surface area contributed by atoms with Crippen molar-refractivity contribution in [2.75, 3.05) is 6.61 Å². The molecule has 0 atom stereocenters. The van der Waals surface area contributed by atoms with Gasteiger partial charge >= 0.3 is 6.16 Å². The molecule has 0 aliphatic heterocycles. The van der Waals surface area contributed by atoms with E-state index >= 15 is 0 Å². The molecule has 0 saturated heterocycles. The second kappa shape index (κ2) is 13.5. The molecular weight excluding hydrogens is 534 g/mol. The minimum atomic E-state index is -1.34. The van der Waals surface area contributed by atoms with E-state index in [1.54, 1.807) is 0 Å². The number of allylic oxidation sites excluding steroid dienone is 1. The van der Waals surface area contributed by atoms with Crippen molar-refractivity contribution in [3.63, 3.8) is 0 Å². The van der Waals surface area contributed by atoms with E-state index in [1.165, 1.54) is 37.7 Å². The van der Waals surface area contributed by atoms with Gasteiger partial charge in [-0.1, -0.05) is 122 Å². The first-order valence-electron chi connectivity index (χ1n) is 15.3. The van der Waals surface area contributed by atoms with Gasteiger partial charge in [-0.3, -0.25) is 0 Å². The fourth-order valence-electron chi connectivity index (χ4n) is 6.15. The van der Waals surface area contributed by atoms with Crippen molar-refractivity contribution in [1.82, 2.24) is 4.98 Å². The van der Waals surface area contributed by atoms with Gasteiger partial charge in [0.15, 0.2) is 0 Å². The number of hydrogen-bond donors (Lipinski definition) is 2. The Morgan fingerprint density at radius 3 is 2.30 bits per heavy atom. The topological polar surface area (TPSA) is 71.5 Å². The fourth-order valence-corrected chi connectivity index (χ4v) is 6.15. The summed E-state index contributed by atoms with van der Waals surface area (Å²) in [4.78, 5) is 14.8. The molecule has 2 N–H and O–H groups in total. The van der Waals surface area contributed by atoms with Crippen molar-refractivity contribution >= 4 is 46.1 Å². The number of rotatable bonds is 10. The van der Waals surface area contributed by atoms with Crippen LogP contribution in [-0.2, 0) is 6.42 Å². The second-order valence-corrected chi connectivity index (χ2v) is 11.2. The highest BCUT2D eigenvalue weighted by atomic mass is 16.7. The lowest BCUT2D eigenvalue weighted by molar-refractivity contribution is 0.142. The summed E-state index contributed by atoms with van der Waals surface area (Å²) in [6, 6.07) is 28.7. The molecule has 1 aliphatic carbocycles. The van der Waals surface area contributed by atoms with Crippen molar-refractivity contribution in [2.24, 2.45) is 5.92 Å². The first kappa shape index (κ1) is 28.4. The number of carbonyl (C=O) groups is 1. The SMILES string of the molecule is O=C(O)Oc1[nH]c2c(/C=C/c3ccccc3/C=C/C3CCCCC3)cccc2c1CCCOc1cccc2ccccc12. The third kappa shape index (κ3) is 6.83. The molecule has 1 aromatic heterocycles. The van der Waals surface area contributed by atoms with Gasteiger partial charge in [-0.15, -0.1) is 0 Å². The number of fused-ring (bicyclic) bond motifs is 2. The monoisotopic (exact) mass is 571 g/mol. The van der Waals surface area contributed by atoms with Crippen LogP contribution in [0.15, 0.2) is 91.0 Å². The van der Waals surface area contributed by atoms with Crippen LogP contribution < -0.4 is 9.47 Å². The van der Waals surface area contributed by atoms with Crippen LogP contribution in [0.5, 0.6) is 11.6 Å². The van der Waals surface area contributed by atoms with Crippen LogP contribution in [0.3, 0.4) is 0 Å². The average molecular weight is 572 g/mol. The number of ether oxygens (including phenoxy) is 2. The van der Waals surface area contributed by atoms with E-state index in [0.29, 0.717) is 25.4 Å². The van der Waals surface area contributed by atoms with Crippen molar-refractivity contribution in [2.45, 2.75) is 44.9 Å². The fraction of sp³-hybridized carbons (Fsp3) is 0.237. The van der Waals surface area contributed by atoms with E-state index < -0.39 is 6.16 Å². The molecule has 43 heavy (non-hydrogen) atoms. The standard InChI is InChI=1S/C38H37NO4/c40-38(41)43-37-34(20-10-26-42-35-21-9-16-30-15-6-7-18-32(30)35)33-19-8-17-31(36(33)39-37)25-24-29-14-5-4-13-28(29)23-22-27-11-2-1-3-12-27/h4-9,13-19,21-25,27,39H,1-3,10-12,20,26H2,(H,40,41)/b23-22+,25-24+. The molecule has 218 valence electrons. The molecule has 0 spiro atoms. The molecule has 0 radical (unpaired) electrons. The van der Waals surface area contributed by atoms with E-state index in [2.05, 4.69) is 71.8 Å². The van der Waals surface area contributed by atoms with Gasteiger partial charge in [0.05, 0.1) is 12.1 Å². The molecule has 5 heteroatoms. The lowest BCUT2D eigenvalue weighted by Crippen LogP contribution is -2.06. The summed E-state index contributed by atoms with van der Waals surface area (Å²) in [5.41, 5.74) is 5.01. The van der Waals surface area contributed by atoms with Gasteiger partial charge in [0, 0.05) is 16.3 Å². The quantitative estimate of drug-likeness (QED) is 0.0994. The Kier molecular flexibility index (Phi) is 8.88. The minimum Gasteiger partial charge on any atom is -0.493 e. The molecule has 1 heterocycles. The maximum absolute atomic E-state index is 11.6. The Hall–Kier alpha value is -4.77. The number of aromatic nitrogens is 1. The first-order chi connectivity index (χ1) is 21.2. The lowest BCUT2D eigenvalue weighted by atomic mass is 9.88. The zero-order chi connectivity index (χ0) is 29.4. The van der Waals surface area contributed by atoms with Gasteiger partial charge in [0.25, 0.3) is 0 Å². The Bertz CT molecular complexity index is 1770. The Morgan fingerprint density at radius 2 is 1.47 bits per heavy atom. The molecule has 1 aliphatic rings. The van der Waals surface area contributed by atoms with E-state index in [9.17, 15) is 9.90 Å². The molecule has 0 bridgehead atoms. The number of benzene rings is 4. The second-order valence-electron chi connectivity index (χ2n) is 11.2. The van der Waals surface area contributed by atoms with Crippen LogP contribution in [0.2, 0.25) is 0 Å². The highest BCUT2D eigenvalue weighted by Gasteiger charge is 2.17. The zero-order valence-electron chi connectivity index (χ0n) is 24.3. The third-order valence-electron chi connectivity index (χ3n) is 8.34. The van der Waals surface area contributed by atoms with E-state index in [1.807, 2.05) is 42.5 Å². The number of H-pyrrole nitrogens is 1. The maximum Gasteiger partial charge on any atom is 0.512 e. The number of aryl methyl sites for hydroxylation is 1. The summed E-state index contributed by atoms with van der Waals surface area (Å²) in [5.74, 6) is 1.78. The Labute approximate surface area is 252 Å². The normalized spacial score (nSPS) is 14.2. The van der Waals surface area contributed by atoms with E-state index in [4.69, 9.17) is 9.47 Å². The molecule has 5 nitrogen and oxygen atoms in total. The van der Waals surface area contributed by atoms with Gasteiger partial charge < -0.3 is 19.6 Å². The summed E-state index contributed by atoms with van der Waals surface area (Å²) in [7, 11) is 0. The van der Waals surface area contributed by atoms with Crippen LogP contribution in [0.1, 0.15) is 60.8 Å². The average Bonchev–Trinajstić information content (AvgIpc) is 3.38. The van der Waals surface area contributed by atoms with Crippen molar-refractivity contribution < 1.29 is 19.4 Å². The summed E-state index contributed by atoms with van der Waals surface area (Å²) in [5, 5.41) is 12.6. The smallest absolute Gasteiger partial charge is 0.493 e. The maximum atomic E-state index is 11.6. The molecule has 4 aromatic carbocycles. The lowest BCUT2D eigenvalue weighted by Gasteiger charge is -2.17. The van der Waals surface area contributed by atoms with Gasteiger partial charge in [-0.2, -0.15) is 0 Å². The largest absolute Gasteiger partial charge is 0.512 e.